The van der Waals surface area contributed by atoms with Gasteiger partial charge in [0.05, 0.1) is 22.9 Å². The number of aromatic nitrogens is 1. The van der Waals surface area contributed by atoms with E-state index in [2.05, 4.69) is 49.4 Å². The lowest BCUT2D eigenvalue weighted by Gasteiger charge is -2.31. The first-order valence-electron chi connectivity index (χ1n) is 6.72. The van der Waals surface area contributed by atoms with Crippen LogP contribution >= 0.6 is 22.9 Å². The molecule has 0 radical (unpaired) electrons. The van der Waals surface area contributed by atoms with Crippen LogP contribution in [-0.4, -0.2) is 38.5 Å². The van der Waals surface area contributed by atoms with Crippen LogP contribution in [0, 0.1) is 0 Å². The van der Waals surface area contributed by atoms with Crippen LogP contribution in [0.25, 0.3) is 12.3 Å². The van der Waals surface area contributed by atoms with Crippen molar-refractivity contribution in [3.63, 3.8) is 0 Å². The summed E-state index contributed by atoms with van der Waals surface area (Å²) in [5.74, 6) is 0.774. The van der Waals surface area contributed by atoms with Gasteiger partial charge in [-0.05, 0) is 30.4 Å². The lowest BCUT2D eigenvalue weighted by atomic mass is 9.90. The highest BCUT2D eigenvalue weighted by molar-refractivity contribution is 14.1. The molecule has 1 N–H and O–H groups in total. The van der Waals surface area contributed by atoms with Gasteiger partial charge in [-0.2, -0.15) is 0 Å². The molecule has 5 heteroatoms. The Hall–Kier alpha value is -0.980. The maximum Gasteiger partial charge on any atom is 0.219 e. The Morgan fingerprint density at radius 3 is 2.84 bits per heavy atom. The van der Waals surface area contributed by atoms with Gasteiger partial charge in [0, 0.05) is 49.5 Å². The Bertz CT molecular complexity index is 599. The number of likely N-dealkylation sites (tertiary alicyclic amines) is 1. The van der Waals surface area contributed by atoms with E-state index in [1.807, 2.05) is 4.90 Å². The van der Waals surface area contributed by atoms with Crippen LogP contribution in [0.2, 0.25) is 0 Å². The molecule has 19 heavy (non-hydrogen) atoms. The molecular weight excluding hydrogens is 353 g/mol. The Labute approximate surface area is 126 Å². The lowest BCUT2D eigenvalue weighted by Crippen LogP contribution is -2.38. The summed E-state index contributed by atoms with van der Waals surface area (Å²) in [6, 6.07) is 0. The number of carbonyl (C=O) groups is 1. The Balaban J connectivity index is 1.84. The third-order valence-corrected chi connectivity index (χ3v) is 4.78. The molecule has 1 aromatic rings. The molecule has 3 rings (SSSR count). The fourth-order valence-corrected chi connectivity index (χ4v) is 3.47. The van der Waals surface area contributed by atoms with Crippen LogP contribution in [0.15, 0.2) is 6.20 Å². The molecule has 0 unspecified atom stereocenters. The number of piperidine rings is 1. The SMILES string of the molecule is CC(=O)N1CCC(c2c[nH]c3c2=CN(I)CC=3)CC1. The van der Waals surface area contributed by atoms with Gasteiger partial charge < -0.3 is 13.0 Å². The number of nitrogens with one attached hydrogen (secondary N) is 1. The number of aromatic amines is 1. The molecule has 1 aromatic heterocycles. The first kappa shape index (κ1) is 13.0. The zero-order valence-corrected chi connectivity index (χ0v) is 13.2. The summed E-state index contributed by atoms with van der Waals surface area (Å²) in [7, 11) is 0. The van der Waals surface area contributed by atoms with Crippen molar-refractivity contribution in [3.05, 3.63) is 22.3 Å². The van der Waals surface area contributed by atoms with Crippen molar-refractivity contribution in [2.45, 2.75) is 25.7 Å². The molecule has 4 nitrogen and oxygen atoms in total. The molecule has 2 aliphatic rings. The minimum absolute atomic E-state index is 0.202. The predicted octanol–water partition coefficient (Wildman–Crippen LogP) is 0.925. The summed E-state index contributed by atoms with van der Waals surface area (Å²) in [5, 5.41) is 2.58. The molecule has 0 atom stereocenters. The second-order valence-corrected chi connectivity index (χ2v) is 6.51. The third kappa shape index (κ3) is 2.52. The molecule has 0 spiro atoms. The number of hydrogen-bond donors (Lipinski definition) is 1. The number of carbonyl (C=O) groups excluding carboxylic acids is 1. The zero-order chi connectivity index (χ0) is 13.4. The number of H-pyrrole nitrogens is 1. The standard InChI is InChI=1S/C14H18IN3O/c1-10(19)17-5-2-11(3-6-17)12-8-16-14-4-7-18(15)9-13(12)14/h4,8-9,11,16H,2-3,5-7H2,1H3. The first-order valence-corrected chi connectivity index (χ1v) is 7.69. The number of rotatable bonds is 1. The summed E-state index contributed by atoms with van der Waals surface area (Å²) < 4.78 is 2.18. The smallest absolute Gasteiger partial charge is 0.219 e. The van der Waals surface area contributed by atoms with E-state index >= 15 is 0 Å². The van der Waals surface area contributed by atoms with E-state index in [0.717, 1.165) is 32.5 Å². The summed E-state index contributed by atoms with van der Waals surface area (Å²) in [4.78, 5) is 16.7. The Morgan fingerprint density at radius 1 is 1.42 bits per heavy atom. The van der Waals surface area contributed by atoms with Gasteiger partial charge >= 0.3 is 0 Å². The average molecular weight is 371 g/mol. The molecule has 1 fully saturated rings. The second kappa shape index (κ2) is 5.19. The summed E-state index contributed by atoms with van der Waals surface area (Å²) >= 11 is 2.33. The van der Waals surface area contributed by atoms with Crippen LogP contribution in [0.5, 0.6) is 0 Å². The fraction of sp³-hybridized carbons (Fsp3) is 0.500. The van der Waals surface area contributed by atoms with Crippen molar-refractivity contribution in [3.8, 4) is 0 Å². The Morgan fingerprint density at radius 2 is 2.16 bits per heavy atom. The van der Waals surface area contributed by atoms with E-state index in [1.54, 1.807) is 6.92 Å². The number of hydrogen-bond acceptors (Lipinski definition) is 2. The van der Waals surface area contributed by atoms with E-state index in [4.69, 9.17) is 0 Å². The van der Waals surface area contributed by atoms with Gasteiger partial charge in [-0.25, -0.2) is 0 Å². The molecule has 3 heterocycles. The summed E-state index contributed by atoms with van der Waals surface area (Å²) in [6.07, 6.45) is 8.74. The van der Waals surface area contributed by atoms with Crippen LogP contribution in [0.4, 0.5) is 0 Å². The maximum absolute atomic E-state index is 11.4. The van der Waals surface area contributed by atoms with E-state index in [-0.39, 0.29) is 5.91 Å². The summed E-state index contributed by atoms with van der Waals surface area (Å²) in [6.45, 7) is 4.39. The second-order valence-electron chi connectivity index (χ2n) is 5.27. The number of nitrogens with zero attached hydrogens (tertiary/aromatic N) is 2. The maximum atomic E-state index is 11.4. The van der Waals surface area contributed by atoms with Crippen molar-refractivity contribution < 1.29 is 4.79 Å². The quantitative estimate of drug-likeness (QED) is 0.589. The monoisotopic (exact) mass is 371 g/mol. The average Bonchev–Trinajstić information content (AvgIpc) is 2.81. The lowest BCUT2D eigenvalue weighted by molar-refractivity contribution is -0.129. The third-order valence-electron chi connectivity index (χ3n) is 4.10. The van der Waals surface area contributed by atoms with E-state index in [0.29, 0.717) is 5.92 Å². The topological polar surface area (TPSA) is 39.3 Å². The molecule has 0 saturated carbocycles. The highest BCUT2D eigenvalue weighted by Crippen LogP contribution is 2.25. The fourth-order valence-electron chi connectivity index (χ4n) is 2.99. The Kier molecular flexibility index (Phi) is 3.56. The normalized spacial score (nSPS) is 19.7. The van der Waals surface area contributed by atoms with Crippen LogP contribution < -0.4 is 10.6 Å². The van der Waals surface area contributed by atoms with Crippen molar-refractivity contribution >= 4 is 41.0 Å². The molecule has 102 valence electrons. The van der Waals surface area contributed by atoms with Crippen molar-refractivity contribution in [1.29, 1.82) is 0 Å². The minimum atomic E-state index is 0.202. The largest absolute Gasteiger partial charge is 0.361 e. The van der Waals surface area contributed by atoms with Gasteiger partial charge in [0.1, 0.15) is 0 Å². The number of halogens is 1. The highest BCUT2D eigenvalue weighted by Gasteiger charge is 2.23. The number of fused-ring (bicyclic) bond motifs is 1. The van der Waals surface area contributed by atoms with Gasteiger partial charge in [0.2, 0.25) is 5.91 Å². The van der Waals surface area contributed by atoms with Crippen LogP contribution in [0.1, 0.15) is 31.2 Å². The van der Waals surface area contributed by atoms with E-state index < -0.39 is 0 Å². The molecule has 1 saturated heterocycles. The van der Waals surface area contributed by atoms with Crippen LogP contribution in [0.3, 0.4) is 0 Å². The molecular formula is C14H18IN3O. The van der Waals surface area contributed by atoms with E-state index in [1.165, 1.54) is 16.1 Å². The van der Waals surface area contributed by atoms with Gasteiger partial charge in [-0.3, -0.25) is 4.79 Å². The predicted molar refractivity (Wildman–Crippen MR) is 83.9 cm³/mol. The van der Waals surface area contributed by atoms with E-state index in [9.17, 15) is 4.79 Å². The molecule has 2 aliphatic heterocycles. The van der Waals surface area contributed by atoms with Crippen molar-refractivity contribution in [2.75, 3.05) is 19.6 Å². The summed E-state index contributed by atoms with van der Waals surface area (Å²) in [5.41, 5.74) is 1.41. The molecule has 0 aromatic carbocycles. The molecule has 1 amide bonds. The van der Waals surface area contributed by atoms with Gasteiger partial charge in [-0.1, -0.05) is 0 Å². The zero-order valence-electron chi connectivity index (χ0n) is 11.0. The molecule has 0 bridgehead atoms. The van der Waals surface area contributed by atoms with Crippen molar-refractivity contribution in [1.82, 2.24) is 13.0 Å². The van der Waals surface area contributed by atoms with Gasteiger partial charge in [-0.15, -0.1) is 0 Å². The van der Waals surface area contributed by atoms with Crippen LogP contribution in [-0.2, 0) is 4.79 Å². The molecule has 0 aliphatic carbocycles. The highest BCUT2D eigenvalue weighted by atomic mass is 127. The van der Waals surface area contributed by atoms with Gasteiger partial charge in [0.15, 0.2) is 0 Å². The van der Waals surface area contributed by atoms with Crippen molar-refractivity contribution in [2.24, 2.45) is 0 Å². The van der Waals surface area contributed by atoms with Gasteiger partial charge in [0.25, 0.3) is 0 Å². The minimum Gasteiger partial charge on any atom is -0.361 e. The number of amides is 1. The first-order chi connectivity index (χ1) is 9.15.